The fraction of sp³-hybridized carbons (Fsp3) is 0.750. The predicted molar refractivity (Wildman–Crippen MR) is 94.4 cm³/mol. The Morgan fingerprint density at radius 1 is 1.33 bits per heavy atom. The Hall–Kier alpha value is -0.810. The highest BCUT2D eigenvalue weighted by molar-refractivity contribution is 7.98. The first kappa shape index (κ1) is 18.2. The van der Waals surface area contributed by atoms with Crippen molar-refractivity contribution in [1.82, 2.24) is 15.3 Å². The van der Waals surface area contributed by atoms with Gasteiger partial charge in [0.05, 0.1) is 17.6 Å². The molecule has 120 valence electrons. The van der Waals surface area contributed by atoms with Gasteiger partial charge in [0.15, 0.2) is 0 Å². The van der Waals surface area contributed by atoms with Gasteiger partial charge in [0.2, 0.25) is 0 Å². The molecule has 0 aliphatic carbocycles. The highest BCUT2D eigenvalue weighted by Crippen LogP contribution is 2.20. The summed E-state index contributed by atoms with van der Waals surface area (Å²) in [4.78, 5) is 11.6. The Labute approximate surface area is 134 Å². The van der Waals surface area contributed by atoms with Crippen LogP contribution in [0.25, 0.3) is 0 Å². The smallest absolute Gasteiger partial charge is 0.131 e. The molecule has 0 aliphatic rings. The minimum absolute atomic E-state index is 0.0814. The van der Waals surface area contributed by atoms with Crippen molar-refractivity contribution in [2.75, 3.05) is 30.5 Å². The molecule has 0 radical (unpaired) electrons. The third-order valence-corrected chi connectivity index (χ3v) is 3.80. The summed E-state index contributed by atoms with van der Waals surface area (Å²) >= 11 is 1.86. The second kappa shape index (κ2) is 7.99. The zero-order chi connectivity index (χ0) is 16.0. The summed E-state index contributed by atoms with van der Waals surface area (Å²) in [5, 5.41) is 3.53. The summed E-state index contributed by atoms with van der Waals surface area (Å²) in [6.07, 6.45) is 4.11. The fourth-order valence-corrected chi connectivity index (χ4v) is 2.31. The van der Waals surface area contributed by atoms with Gasteiger partial charge in [-0.1, -0.05) is 13.8 Å². The minimum atomic E-state index is 0.0814. The van der Waals surface area contributed by atoms with Crippen molar-refractivity contribution in [2.24, 2.45) is 0 Å². The van der Waals surface area contributed by atoms with E-state index in [9.17, 15) is 0 Å². The van der Waals surface area contributed by atoms with Crippen LogP contribution >= 0.6 is 11.8 Å². The van der Waals surface area contributed by atoms with Crippen molar-refractivity contribution in [2.45, 2.75) is 52.6 Å². The SMILES string of the molecule is CSCCN(C)c1cnc(C(C)C)nc1CNC(C)(C)C. The molecule has 1 N–H and O–H groups in total. The molecule has 0 amide bonds. The number of thioether (sulfide) groups is 1. The molecular weight excluding hydrogens is 280 g/mol. The second-order valence-corrected chi connectivity index (χ2v) is 7.72. The monoisotopic (exact) mass is 310 g/mol. The molecule has 0 unspecified atom stereocenters. The Morgan fingerprint density at radius 3 is 2.52 bits per heavy atom. The van der Waals surface area contributed by atoms with Gasteiger partial charge in [-0.05, 0) is 27.0 Å². The number of nitrogens with zero attached hydrogens (tertiary/aromatic N) is 3. The third kappa shape index (κ3) is 6.22. The van der Waals surface area contributed by atoms with Crippen LogP contribution in [0.15, 0.2) is 6.20 Å². The molecular formula is C16H30N4S. The lowest BCUT2D eigenvalue weighted by Gasteiger charge is -2.25. The number of rotatable bonds is 7. The molecule has 21 heavy (non-hydrogen) atoms. The van der Waals surface area contributed by atoms with Gasteiger partial charge in [0.1, 0.15) is 5.82 Å². The van der Waals surface area contributed by atoms with Crippen molar-refractivity contribution in [1.29, 1.82) is 0 Å². The number of anilines is 1. The van der Waals surface area contributed by atoms with E-state index >= 15 is 0 Å². The topological polar surface area (TPSA) is 41.1 Å². The van der Waals surface area contributed by atoms with Crippen LogP contribution in [0.4, 0.5) is 5.69 Å². The zero-order valence-electron chi connectivity index (χ0n) is 14.5. The van der Waals surface area contributed by atoms with E-state index in [0.29, 0.717) is 5.92 Å². The van der Waals surface area contributed by atoms with Gasteiger partial charge >= 0.3 is 0 Å². The van der Waals surface area contributed by atoms with Crippen LogP contribution < -0.4 is 10.2 Å². The standard InChI is InChI=1S/C16H30N4S/c1-12(2)15-17-11-14(20(6)8-9-21-7)13(19-15)10-18-16(3,4)5/h11-12,18H,8-10H2,1-7H3. The molecule has 1 rings (SSSR count). The van der Waals surface area contributed by atoms with Crippen LogP contribution in [0.5, 0.6) is 0 Å². The van der Waals surface area contributed by atoms with Crippen molar-refractivity contribution >= 4 is 17.4 Å². The molecule has 5 heteroatoms. The maximum absolute atomic E-state index is 4.78. The first-order chi connectivity index (χ1) is 9.74. The molecule has 0 saturated carbocycles. The normalized spacial score (nSPS) is 12.0. The van der Waals surface area contributed by atoms with Crippen molar-refractivity contribution < 1.29 is 0 Å². The molecule has 0 saturated heterocycles. The van der Waals surface area contributed by atoms with Crippen LogP contribution in [-0.2, 0) is 6.54 Å². The molecule has 0 atom stereocenters. The quantitative estimate of drug-likeness (QED) is 0.837. The minimum Gasteiger partial charge on any atom is -0.371 e. The fourth-order valence-electron chi connectivity index (χ4n) is 1.85. The van der Waals surface area contributed by atoms with Gasteiger partial charge < -0.3 is 10.2 Å². The maximum atomic E-state index is 4.78. The molecule has 1 heterocycles. The van der Waals surface area contributed by atoms with E-state index in [4.69, 9.17) is 4.98 Å². The lowest BCUT2D eigenvalue weighted by atomic mass is 10.1. The Kier molecular flexibility index (Phi) is 6.94. The highest BCUT2D eigenvalue weighted by Gasteiger charge is 2.15. The summed E-state index contributed by atoms with van der Waals surface area (Å²) < 4.78 is 0. The zero-order valence-corrected chi connectivity index (χ0v) is 15.3. The van der Waals surface area contributed by atoms with E-state index in [1.807, 2.05) is 18.0 Å². The molecule has 0 aromatic carbocycles. The van der Waals surface area contributed by atoms with Crippen LogP contribution in [0.1, 0.15) is 52.1 Å². The van der Waals surface area contributed by atoms with Crippen LogP contribution in [-0.4, -0.2) is 41.1 Å². The van der Waals surface area contributed by atoms with E-state index in [2.05, 4.69) is 63.1 Å². The number of aromatic nitrogens is 2. The summed E-state index contributed by atoms with van der Waals surface area (Å²) in [5.41, 5.74) is 2.30. The summed E-state index contributed by atoms with van der Waals surface area (Å²) in [6, 6.07) is 0. The van der Waals surface area contributed by atoms with Crippen molar-refractivity contribution in [3.05, 3.63) is 17.7 Å². The average molecular weight is 311 g/mol. The van der Waals surface area contributed by atoms with Gasteiger partial charge in [0.25, 0.3) is 0 Å². The van der Waals surface area contributed by atoms with Gasteiger partial charge in [-0.3, -0.25) is 0 Å². The van der Waals surface area contributed by atoms with Crippen LogP contribution in [0.2, 0.25) is 0 Å². The van der Waals surface area contributed by atoms with E-state index in [0.717, 1.165) is 36.0 Å². The third-order valence-electron chi connectivity index (χ3n) is 3.21. The Bertz CT molecular complexity index is 440. The first-order valence-corrected chi connectivity index (χ1v) is 8.95. The molecule has 1 aromatic heterocycles. The van der Waals surface area contributed by atoms with Gasteiger partial charge in [-0.25, -0.2) is 9.97 Å². The van der Waals surface area contributed by atoms with Crippen molar-refractivity contribution in [3.8, 4) is 0 Å². The lowest BCUT2D eigenvalue weighted by molar-refractivity contribution is 0.420. The van der Waals surface area contributed by atoms with Gasteiger partial charge in [0, 0.05) is 37.3 Å². The van der Waals surface area contributed by atoms with E-state index in [-0.39, 0.29) is 5.54 Å². The predicted octanol–water partition coefficient (Wildman–Crippen LogP) is 3.29. The number of hydrogen-bond acceptors (Lipinski definition) is 5. The largest absolute Gasteiger partial charge is 0.371 e. The van der Waals surface area contributed by atoms with Crippen molar-refractivity contribution in [3.63, 3.8) is 0 Å². The van der Waals surface area contributed by atoms with Gasteiger partial charge in [-0.2, -0.15) is 11.8 Å². The van der Waals surface area contributed by atoms with E-state index in [1.54, 1.807) is 0 Å². The lowest BCUT2D eigenvalue weighted by Crippen LogP contribution is -2.36. The molecule has 0 aliphatic heterocycles. The maximum Gasteiger partial charge on any atom is 0.131 e. The summed E-state index contributed by atoms with van der Waals surface area (Å²) in [5.74, 6) is 2.38. The molecule has 1 aromatic rings. The number of nitrogens with one attached hydrogen (secondary N) is 1. The Morgan fingerprint density at radius 2 is 2.00 bits per heavy atom. The summed E-state index contributed by atoms with van der Waals surface area (Å²) in [7, 11) is 2.12. The Balaban J connectivity index is 2.99. The van der Waals surface area contributed by atoms with Crippen LogP contribution in [0.3, 0.4) is 0 Å². The first-order valence-electron chi connectivity index (χ1n) is 7.55. The highest BCUT2D eigenvalue weighted by atomic mass is 32.2. The molecule has 0 fully saturated rings. The van der Waals surface area contributed by atoms with E-state index in [1.165, 1.54) is 0 Å². The number of hydrogen-bond donors (Lipinski definition) is 1. The summed E-state index contributed by atoms with van der Waals surface area (Å²) in [6.45, 7) is 12.6. The average Bonchev–Trinajstić information content (AvgIpc) is 2.41. The molecule has 0 bridgehead atoms. The van der Waals surface area contributed by atoms with E-state index < -0.39 is 0 Å². The molecule has 0 spiro atoms. The molecule has 4 nitrogen and oxygen atoms in total. The van der Waals surface area contributed by atoms with Gasteiger partial charge in [-0.15, -0.1) is 0 Å². The second-order valence-electron chi connectivity index (χ2n) is 6.73. The van der Waals surface area contributed by atoms with Crippen LogP contribution in [0, 0.1) is 0 Å².